The molecule has 12 heteroatoms. The van der Waals surface area contributed by atoms with Crippen LogP contribution in [-0.4, -0.2) is 49.2 Å². The first-order valence-electron chi connectivity index (χ1n) is 9.75. The summed E-state index contributed by atoms with van der Waals surface area (Å²) >= 11 is 0. The number of carbonyl (C=O) groups excluding carboxylic acids is 1. The largest absolute Gasteiger partial charge is 0.442 e. The predicted octanol–water partition coefficient (Wildman–Crippen LogP) is 3.56. The van der Waals surface area contributed by atoms with Crippen molar-refractivity contribution in [2.75, 3.05) is 16.8 Å². The number of halogens is 3. The zero-order chi connectivity index (χ0) is 22.3. The predicted molar refractivity (Wildman–Crippen MR) is 107 cm³/mol. The van der Waals surface area contributed by atoms with Crippen molar-refractivity contribution in [3.63, 3.8) is 0 Å². The van der Waals surface area contributed by atoms with Gasteiger partial charge in [0, 0.05) is 12.7 Å². The minimum Gasteiger partial charge on any atom is -0.442 e. The van der Waals surface area contributed by atoms with Gasteiger partial charge in [-0.05, 0) is 31.0 Å². The Balaban J connectivity index is 1.43. The molecule has 5 rings (SSSR count). The molecule has 0 unspecified atom stereocenters. The van der Waals surface area contributed by atoms with E-state index in [2.05, 4.69) is 25.4 Å². The SMILES string of the molecule is O=C(Nc1cccc(-c2cnco2)n1)c1cnn2ccc(N3CCC[C@@H]3C(F)(F)F)nc12. The Hall–Kier alpha value is -3.96. The van der Waals surface area contributed by atoms with Crippen molar-refractivity contribution in [3.05, 3.63) is 54.8 Å². The lowest BCUT2D eigenvalue weighted by atomic mass is 10.2. The number of hydrogen-bond acceptors (Lipinski definition) is 7. The lowest BCUT2D eigenvalue weighted by Gasteiger charge is -2.27. The molecule has 4 aromatic rings. The van der Waals surface area contributed by atoms with Crippen LogP contribution < -0.4 is 10.2 Å². The van der Waals surface area contributed by atoms with E-state index >= 15 is 0 Å². The molecule has 0 aromatic carbocycles. The minimum atomic E-state index is -4.36. The van der Waals surface area contributed by atoms with Gasteiger partial charge in [-0.1, -0.05) is 6.07 Å². The number of rotatable bonds is 4. The van der Waals surface area contributed by atoms with E-state index in [1.54, 1.807) is 18.2 Å². The van der Waals surface area contributed by atoms with Crippen LogP contribution in [0.1, 0.15) is 23.2 Å². The van der Waals surface area contributed by atoms with Crippen molar-refractivity contribution in [1.82, 2.24) is 24.6 Å². The molecule has 1 aliphatic rings. The smallest absolute Gasteiger partial charge is 0.408 e. The van der Waals surface area contributed by atoms with Gasteiger partial charge in [0.25, 0.3) is 5.91 Å². The number of nitrogens with one attached hydrogen (secondary N) is 1. The van der Waals surface area contributed by atoms with Crippen LogP contribution in [0, 0.1) is 0 Å². The van der Waals surface area contributed by atoms with E-state index in [9.17, 15) is 18.0 Å². The van der Waals surface area contributed by atoms with Crippen LogP contribution in [0.25, 0.3) is 17.1 Å². The standard InChI is InChI=1S/C20H16F3N7O2/c21-20(22,23)15-4-2-7-29(15)17-6-8-30-18(28-17)12(9-25-30)19(31)27-16-5-1-3-13(26-16)14-10-24-11-32-14/h1,3,5-6,8-11,15H,2,4,7H2,(H,26,27,31)/t15-/m1/s1. The summed E-state index contributed by atoms with van der Waals surface area (Å²) in [5, 5.41) is 6.75. The second-order valence-corrected chi connectivity index (χ2v) is 7.23. The Bertz CT molecular complexity index is 1270. The summed E-state index contributed by atoms with van der Waals surface area (Å²) in [7, 11) is 0. The van der Waals surface area contributed by atoms with Crippen LogP contribution in [-0.2, 0) is 0 Å². The number of fused-ring (bicyclic) bond motifs is 1. The Kier molecular flexibility index (Phi) is 4.76. The Morgan fingerprint density at radius 1 is 1.19 bits per heavy atom. The van der Waals surface area contributed by atoms with Crippen LogP contribution in [0.4, 0.5) is 24.8 Å². The molecule has 1 atom stereocenters. The highest BCUT2D eigenvalue weighted by Gasteiger charge is 2.46. The van der Waals surface area contributed by atoms with E-state index in [1.165, 1.54) is 40.5 Å². The van der Waals surface area contributed by atoms with Crippen LogP contribution >= 0.6 is 0 Å². The van der Waals surface area contributed by atoms with Crippen LogP contribution in [0.5, 0.6) is 0 Å². The highest BCUT2D eigenvalue weighted by atomic mass is 19.4. The summed E-state index contributed by atoms with van der Waals surface area (Å²) in [6, 6.07) is 4.86. The third kappa shape index (κ3) is 3.63. The lowest BCUT2D eigenvalue weighted by Crippen LogP contribution is -2.41. The van der Waals surface area contributed by atoms with Crippen molar-refractivity contribution >= 4 is 23.2 Å². The molecule has 0 saturated carbocycles. The van der Waals surface area contributed by atoms with Crippen LogP contribution in [0.15, 0.2) is 53.7 Å². The summed E-state index contributed by atoms with van der Waals surface area (Å²) in [6.07, 6.45) is 1.64. The highest BCUT2D eigenvalue weighted by molar-refractivity contribution is 6.07. The molecule has 0 radical (unpaired) electrons. The van der Waals surface area contributed by atoms with Crippen molar-refractivity contribution < 1.29 is 22.4 Å². The average molecular weight is 443 g/mol. The Labute approximate surface area is 178 Å². The Morgan fingerprint density at radius 2 is 2.06 bits per heavy atom. The number of alkyl halides is 3. The van der Waals surface area contributed by atoms with Gasteiger partial charge in [0.05, 0.1) is 12.4 Å². The molecule has 164 valence electrons. The van der Waals surface area contributed by atoms with Gasteiger partial charge in [0.15, 0.2) is 17.8 Å². The van der Waals surface area contributed by atoms with Crippen LogP contribution in [0.3, 0.4) is 0 Å². The molecule has 9 nitrogen and oxygen atoms in total. The van der Waals surface area contributed by atoms with Gasteiger partial charge in [-0.25, -0.2) is 19.5 Å². The summed E-state index contributed by atoms with van der Waals surface area (Å²) in [4.78, 5) is 26.6. The van der Waals surface area contributed by atoms with Gasteiger partial charge >= 0.3 is 6.18 Å². The quantitative estimate of drug-likeness (QED) is 0.515. The number of aromatic nitrogens is 5. The van der Waals surface area contributed by atoms with Crippen LogP contribution in [0.2, 0.25) is 0 Å². The summed E-state index contributed by atoms with van der Waals surface area (Å²) < 4.78 is 46.7. The highest BCUT2D eigenvalue weighted by Crippen LogP contribution is 2.35. The minimum absolute atomic E-state index is 0.0101. The van der Waals surface area contributed by atoms with Gasteiger partial charge in [0.1, 0.15) is 28.9 Å². The molecular formula is C20H16F3N7O2. The summed E-state index contributed by atoms with van der Waals surface area (Å²) in [6.45, 7) is 0.237. The molecule has 0 aliphatic carbocycles. The molecule has 0 spiro atoms. The number of pyridine rings is 1. The lowest BCUT2D eigenvalue weighted by molar-refractivity contribution is -0.146. The maximum Gasteiger partial charge on any atom is 0.408 e. The van der Waals surface area contributed by atoms with Crippen molar-refractivity contribution in [3.8, 4) is 11.5 Å². The van der Waals surface area contributed by atoms with Gasteiger partial charge in [0.2, 0.25) is 0 Å². The normalized spacial score (nSPS) is 16.6. The molecule has 1 N–H and O–H groups in total. The number of amides is 1. The molecule has 1 amide bonds. The first kappa shape index (κ1) is 20.0. The van der Waals surface area contributed by atoms with E-state index in [0.717, 1.165) is 0 Å². The van der Waals surface area contributed by atoms with Gasteiger partial charge in [-0.15, -0.1) is 0 Å². The van der Waals surface area contributed by atoms with E-state index < -0.39 is 18.1 Å². The number of hydrogen-bond donors (Lipinski definition) is 1. The van der Waals surface area contributed by atoms with Gasteiger partial charge < -0.3 is 14.6 Å². The fraction of sp³-hybridized carbons (Fsp3) is 0.250. The molecule has 1 saturated heterocycles. The number of anilines is 2. The van der Waals surface area contributed by atoms with E-state index in [-0.39, 0.29) is 35.8 Å². The average Bonchev–Trinajstić information content (AvgIpc) is 3.53. The molecule has 5 heterocycles. The first-order chi connectivity index (χ1) is 15.4. The molecule has 0 bridgehead atoms. The first-order valence-corrected chi connectivity index (χ1v) is 9.75. The second kappa shape index (κ2) is 7.62. The summed E-state index contributed by atoms with van der Waals surface area (Å²) in [5.41, 5.74) is 0.744. The maximum atomic E-state index is 13.4. The third-order valence-corrected chi connectivity index (χ3v) is 5.20. The fourth-order valence-electron chi connectivity index (χ4n) is 3.73. The van der Waals surface area contributed by atoms with E-state index in [0.29, 0.717) is 17.9 Å². The second-order valence-electron chi connectivity index (χ2n) is 7.23. The van der Waals surface area contributed by atoms with E-state index in [1.807, 2.05) is 0 Å². The molecule has 4 aromatic heterocycles. The zero-order valence-corrected chi connectivity index (χ0v) is 16.5. The zero-order valence-electron chi connectivity index (χ0n) is 16.5. The number of oxazole rings is 1. The van der Waals surface area contributed by atoms with Crippen molar-refractivity contribution in [1.29, 1.82) is 0 Å². The molecule has 1 aliphatic heterocycles. The number of carbonyl (C=O) groups is 1. The molecular weight excluding hydrogens is 427 g/mol. The van der Waals surface area contributed by atoms with E-state index in [4.69, 9.17) is 4.42 Å². The van der Waals surface area contributed by atoms with Gasteiger partial charge in [-0.3, -0.25) is 4.79 Å². The van der Waals surface area contributed by atoms with Gasteiger partial charge in [-0.2, -0.15) is 18.3 Å². The van der Waals surface area contributed by atoms with Crippen molar-refractivity contribution in [2.45, 2.75) is 25.1 Å². The number of nitrogens with zero attached hydrogens (tertiary/aromatic N) is 6. The van der Waals surface area contributed by atoms with Crippen molar-refractivity contribution in [2.24, 2.45) is 0 Å². The Morgan fingerprint density at radius 3 is 2.84 bits per heavy atom. The molecule has 1 fully saturated rings. The monoisotopic (exact) mass is 443 g/mol. The summed E-state index contributed by atoms with van der Waals surface area (Å²) in [5.74, 6) is 0.308. The topological polar surface area (TPSA) is 101 Å². The third-order valence-electron chi connectivity index (χ3n) is 5.20. The maximum absolute atomic E-state index is 13.4. The fourth-order valence-corrected chi connectivity index (χ4v) is 3.73. The molecule has 32 heavy (non-hydrogen) atoms.